The first-order valence-corrected chi connectivity index (χ1v) is 13.4. The number of imidazole rings is 1. The van der Waals surface area contributed by atoms with E-state index in [-0.39, 0.29) is 18.0 Å². The smallest absolute Gasteiger partial charge is 0.251 e. The number of nitrogens with one attached hydrogen (secondary N) is 3. The second-order valence-corrected chi connectivity index (χ2v) is 10.5. The van der Waals surface area contributed by atoms with Crippen molar-refractivity contribution in [3.8, 4) is 0 Å². The van der Waals surface area contributed by atoms with Crippen molar-refractivity contribution in [1.82, 2.24) is 29.7 Å². The van der Waals surface area contributed by atoms with Crippen molar-refractivity contribution in [2.75, 3.05) is 30.8 Å². The van der Waals surface area contributed by atoms with Crippen molar-refractivity contribution in [3.63, 3.8) is 0 Å². The first-order chi connectivity index (χ1) is 18.8. The molecule has 9 nitrogen and oxygen atoms in total. The van der Waals surface area contributed by atoms with E-state index in [0.29, 0.717) is 23.0 Å². The lowest BCUT2D eigenvalue weighted by atomic mass is 10.0. The second kappa shape index (κ2) is 11.2. The van der Waals surface area contributed by atoms with Crippen molar-refractivity contribution in [1.29, 1.82) is 0 Å². The molecule has 9 heteroatoms. The van der Waals surface area contributed by atoms with E-state index in [0.717, 1.165) is 54.1 Å². The lowest BCUT2D eigenvalue weighted by Crippen LogP contribution is -2.43. The zero-order valence-corrected chi connectivity index (χ0v) is 23.0. The molecule has 1 aliphatic rings. The fourth-order valence-corrected chi connectivity index (χ4v) is 4.78. The molecule has 2 aromatic heterocycles. The van der Waals surface area contributed by atoms with Crippen LogP contribution in [-0.4, -0.2) is 56.5 Å². The highest BCUT2D eigenvalue weighted by Gasteiger charge is 2.19. The molecule has 5 rings (SSSR count). The number of hydrogen-bond donors (Lipinski definition) is 3. The van der Waals surface area contributed by atoms with Gasteiger partial charge in [0, 0.05) is 29.0 Å². The van der Waals surface area contributed by atoms with Crippen LogP contribution in [0.25, 0.3) is 16.7 Å². The molecule has 1 saturated heterocycles. The van der Waals surface area contributed by atoms with Crippen LogP contribution in [0, 0.1) is 0 Å². The maximum absolute atomic E-state index is 12.7. The normalized spacial score (nSPS) is 14.5. The van der Waals surface area contributed by atoms with Crippen LogP contribution in [0.1, 0.15) is 55.6 Å². The number of hydrogen-bond acceptors (Lipinski definition) is 7. The van der Waals surface area contributed by atoms with E-state index < -0.39 is 0 Å². The molecule has 1 amide bonds. The number of allylic oxidation sites excluding steroid dienone is 1. The topological polar surface area (TPSA) is 100 Å². The Morgan fingerprint density at radius 3 is 2.44 bits per heavy atom. The Labute approximate surface area is 229 Å². The number of carbonyl (C=O) groups excluding carboxylic acids is 1. The van der Waals surface area contributed by atoms with E-state index in [4.69, 9.17) is 9.97 Å². The van der Waals surface area contributed by atoms with Gasteiger partial charge >= 0.3 is 0 Å². The van der Waals surface area contributed by atoms with Crippen molar-refractivity contribution < 1.29 is 4.79 Å². The van der Waals surface area contributed by atoms with Gasteiger partial charge in [0.25, 0.3) is 5.91 Å². The summed E-state index contributed by atoms with van der Waals surface area (Å²) in [6.45, 7) is 12.2. The van der Waals surface area contributed by atoms with Gasteiger partial charge < -0.3 is 20.9 Å². The third-order valence-electron chi connectivity index (χ3n) is 7.02. The molecule has 0 unspecified atom stereocenters. The monoisotopic (exact) mass is 524 g/mol. The third kappa shape index (κ3) is 6.09. The fraction of sp³-hybridized carbons (Fsp3) is 0.333. The van der Waals surface area contributed by atoms with Crippen molar-refractivity contribution in [2.24, 2.45) is 0 Å². The fourth-order valence-electron chi connectivity index (χ4n) is 4.78. The summed E-state index contributed by atoms with van der Waals surface area (Å²) >= 11 is 0. The molecule has 202 valence electrons. The van der Waals surface area contributed by atoms with Crippen LogP contribution in [0.3, 0.4) is 0 Å². The van der Waals surface area contributed by atoms with Crippen molar-refractivity contribution >= 4 is 45.9 Å². The Kier molecular flexibility index (Phi) is 7.60. The second-order valence-electron chi connectivity index (χ2n) is 10.5. The molecule has 4 aromatic rings. The summed E-state index contributed by atoms with van der Waals surface area (Å²) in [6.07, 6.45) is 3.68. The lowest BCUT2D eigenvalue weighted by molar-refractivity contribution is 0.0917. The number of likely N-dealkylation sites (tertiary alicyclic amines) is 1. The minimum absolute atomic E-state index is 0.0385. The quantitative estimate of drug-likeness (QED) is 0.270. The highest BCUT2D eigenvalue weighted by Crippen LogP contribution is 2.27. The van der Waals surface area contributed by atoms with Gasteiger partial charge in [-0.05, 0) is 95.7 Å². The number of benzene rings is 2. The molecule has 0 spiro atoms. The molecule has 0 bridgehead atoms. The number of nitrogens with zero attached hydrogens (tertiary/aromatic N) is 5. The Bertz CT molecular complexity index is 1480. The summed E-state index contributed by atoms with van der Waals surface area (Å²) in [5.41, 5.74) is 5.88. The molecule has 0 saturated carbocycles. The summed E-state index contributed by atoms with van der Waals surface area (Å²) in [5, 5.41) is 9.86. The number of anilines is 4. The molecule has 3 N–H and O–H groups in total. The van der Waals surface area contributed by atoms with Crippen LogP contribution in [0.4, 0.5) is 23.3 Å². The zero-order valence-electron chi connectivity index (χ0n) is 23.0. The van der Waals surface area contributed by atoms with Gasteiger partial charge in [0.2, 0.25) is 11.9 Å². The van der Waals surface area contributed by atoms with Gasteiger partial charge in [-0.25, -0.2) is 9.97 Å². The SMILES string of the molecule is C=C(C)c1cccc(Nc2nc3cnc(Nc4ccc(C(=O)NC5CCN(C)CC5)cc4)nc3n2C(C)C)c1. The van der Waals surface area contributed by atoms with Crippen molar-refractivity contribution in [2.45, 2.75) is 45.7 Å². The van der Waals surface area contributed by atoms with Gasteiger partial charge in [-0.15, -0.1) is 0 Å². The van der Waals surface area contributed by atoms with Gasteiger partial charge in [-0.1, -0.05) is 24.3 Å². The van der Waals surface area contributed by atoms with Gasteiger partial charge in [0.1, 0.15) is 5.52 Å². The van der Waals surface area contributed by atoms with Gasteiger partial charge in [-0.3, -0.25) is 9.36 Å². The summed E-state index contributed by atoms with van der Waals surface area (Å²) in [4.78, 5) is 29.0. The Hall–Kier alpha value is -4.24. The Morgan fingerprint density at radius 2 is 1.74 bits per heavy atom. The first kappa shape index (κ1) is 26.4. The largest absolute Gasteiger partial charge is 0.349 e. The van der Waals surface area contributed by atoms with E-state index >= 15 is 0 Å². The average molecular weight is 525 g/mol. The molecular weight excluding hydrogens is 488 g/mol. The predicted octanol–water partition coefficient (Wildman–Crippen LogP) is 5.75. The molecule has 1 aliphatic heterocycles. The molecule has 0 radical (unpaired) electrons. The lowest BCUT2D eigenvalue weighted by Gasteiger charge is -2.29. The van der Waals surface area contributed by atoms with Crippen molar-refractivity contribution in [3.05, 3.63) is 72.4 Å². The minimum atomic E-state index is -0.0385. The van der Waals surface area contributed by atoms with E-state index in [9.17, 15) is 4.79 Å². The van der Waals surface area contributed by atoms with E-state index in [1.165, 1.54) is 0 Å². The molecule has 2 aromatic carbocycles. The average Bonchev–Trinajstić information content (AvgIpc) is 3.27. The standard InChI is InChI=1S/C30H36N8O/c1-19(2)22-7-6-8-25(17-22)34-30-35-26-18-31-29(36-27(26)38(30)20(3)4)33-23-11-9-21(10-12-23)28(39)32-24-13-15-37(5)16-14-24/h6-12,17-18,20,24H,1,13-16H2,2-5H3,(H,32,39)(H,34,35)(H,31,33,36). The maximum Gasteiger partial charge on any atom is 0.251 e. The van der Waals surface area contributed by atoms with Gasteiger partial charge in [0.15, 0.2) is 5.65 Å². The number of fused-ring (bicyclic) bond motifs is 1. The van der Waals surface area contributed by atoms with Gasteiger partial charge in [-0.2, -0.15) is 4.98 Å². The van der Waals surface area contributed by atoms with E-state index in [1.54, 1.807) is 6.20 Å². The molecule has 1 fully saturated rings. The van der Waals surface area contributed by atoms with Gasteiger partial charge in [0.05, 0.1) is 6.20 Å². The van der Waals surface area contributed by atoms with Crippen LogP contribution < -0.4 is 16.0 Å². The minimum Gasteiger partial charge on any atom is -0.349 e. The summed E-state index contributed by atoms with van der Waals surface area (Å²) in [5.74, 6) is 1.12. The number of carbonyl (C=O) groups is 1. The molecule has 0 aliphatic carbocycles. The first-order valence-electron chi connectivity index (χ1n) is 13.4. The third-order valence-corrected chi connectivity index (χ3v) is 7.02. The zero-order chi connectivity index (χ0) is 27.5. The van der Waals surface area contributed by atoms with E-state index in [1.807, 2.05) is 49.4 Å². The van der Waals surface area contributed by atoms with Crippen LogP contribution in [0.5, 0.6) is 0 Å². The number of rotatable bonds is 8. The molecule has 0 atom stereocenters. The number of piperidine rings is 1. The van der Waals surface area contributed by atoms with Crippen LogP contribution in [0.15, 0.2) is 61.3 Å². The predicted molar refractivity (Wildman–Crippen MR) is 158 cm³/mol. The Morgan fingerprint density at radius 1 is 1.00 bits per heavy atom. The Balaban J connectivity index is 1.32. The molecule has 3 heterocycles. The maximum atomic E-state index is 12.7. The summed E-state index contributed by atoms with van der Waals surface area (Å²) in [7, 11) is 2.11. The van der Waals surface area contributed by atoms with Crippen LogP contribution in [-0.2, 0) is 0 Å². The molecular formula is C30H36N8O. The van der Waals surface area contributed by atoms with E-state index in [2.05, 4.69) is 63.9 Å². The van der Waals surface area contributed by atoms with Crippen LogP contribution >= 0.6 is 0 Å². The highest BCUT2D eigenvalue weighted by atomic mass is 16.1. The number of aromatic nitrogens is 4. The summed E-state index contributed by atoms with van der Waals surface area (Å²) < 4.78 is 2.06. The molecule has 39 heavy (non-hydrogen) atoms. The highest BCUT2D eigenvalue weighted by molar-refractivity contribution is 5.94. The summed E-state index contributed by atoms with van der Waals surface area (Å²) in [6, 6.07) is 15.8. The van der Waals surface area contributed by atoms with Crippen LogP contribution in [0.2, 0.25) is 0 Å². The number of amides is 1.